The Kier molecular flexibility index (Phi) is 6.56. The van der Waals surface area contributed by atoms with Gasteiger partial charge in [0.05, 0.1) is 6.42 Å². The summed E-state index contributed by atoms with van der Waals surface area (Å²) in [6.45, 7) is 2.20. The molecule has 2 aliphatic rings. The Hall–Kier alpha value is -2.55. The maximum absolute atomic E-state index is 12.5. The molecule has 1 fully saturated rings. The van der Waals surface area contributed by atoms with Crippen LogP contribution in [-0.4, -0.2) is 55.7 Å². The molecule has 0 aliphatic carbocycles. The molecule has 1 aromatic heterocycles. The van der Waals surface area contributed by atoms with E-state index < -0.39 is 0 Å². The molecule has 8 nitrogen and oxygen atoms in total. The number of nitrogens with one attached hydrogen (secondary N) is 1. The molecule has 4 rings (SSSR count). The van der Waals surface area contributed by atoms with E-state index in [9.17, 15) is 14.4 Å². The predicted molar refractivity (Wildman–Crippen MR) is 117 cm³/mol. The SMILES string of the molecule is O=C(Cn1nc2n(c1=O)CCCCC2)Nc1ccc(CC(=O)N2CCSCC2)cc1. The van der Waals surface area contributed by atoms with Crippen LogP contribution < -0.4 is 11.0 Å². The third kappa shape index (κ3) is 4.95. The van der Waals surface area contributed by atoms with Gasteiger partial charge < -0.3 is 10.2 Å². The standard InChI is InChI=1S/C21H27N5O3S/c27-19(15-26-21(29)25-9-3-1-2-4-18(25)23-26)22-17-7-5-16(6-8-17)14-20(28)24-10-12-30-13-11-24/h5-8H,1-4,9-15H2,(H,22,27). The Labute approximate surface area is 179 Å². The van der Waals surface area contributed by atoms with Gasteiger partial charge >= 0.3 is 5.69 Å². The van der Waals surface area contributed by atoms with E-state index in [4.69, 9.17) is 0 Å². The number of benzene rings is 1. The van der Waals surface area contributed by atoms with E-state index in [1.165, 1.54) is 4.68 Å². The van der Waals surface area contributed by atoms with Crippen molar-refractivity contribution in [2.45, 2.75) is 45.2 Å². The van der Waals surface area contributed by atoms with Crippen LogP contribution in [0.5, 0.6) is 0 Å². The third-order valence-corrected chi connectivity index (χ3v) is 6.47. The highest BCUT2D eigenvalue weighted by Gasteiger charge is 2.18. The first kappa shape index (κ1) is 20.7. The summed E-state index contributed by atoms with van der Waals surface area (Å²) in [5.41, 5.74) is 1.34. The van der Waals surface area contributed by atoms with Crippen LogP contribution in [0.25, 0.3) is 0 Å². The van der Waals surface area contributed by atoms with Crippen LogP contribution in [0, 0.1) is 0 Å². The van der Waals surface area contributed by atoms with Crippen LogP contribution in [0.4, 0.5) is 5.69 Å². The number of thioether (sulfide) groups is 1. The van der Waals surface area contributed by atoms with E-state index in [0.717, 1.165) is 61.7 Å². The normalized spacial score (nSPS) is 16.6. The van der Waals surface area contributed by atoms with Crippen LogP contribution in [0.2, 0.25) is 0 Å². The van der Waals surface area contributed by atoms with E-state index in [0.29, 0.717) is 18.7 Å². The predicted octanol–water partition coefficient (Wildman–Crippen LogP) is 1.53. The minimum absolute atomic E-state index is 0.105. The van der Waals surface area contributed by atoms with Crippen molar-refractivity contribution in [3.8, 4) is 0 Å². The molecule has 0 bridgehead atoms. The maximum atomic E-state index is 12.5. The van der Waals surface area contributed by atoms with Gasteiger partial charge in [0.25, 0.3) is 0 Å². The molecule has 0 spiro atoms. The first-order valence-corrected chi connectivity index (χ1v) is 11.7. The van der Waals surface area contributed by atoms with Crippen LogP contribution in [-0.2, 0) is 35.5 Å². The number of hydrogen-bond donors (Lipinski definition) is 1. The summed E-state index contributed by atoms with van der Waals surface area (Å²) in [5, 5.41) is 7.15. The van der Waals surface area contributed by atoms with Gasteiger partial charge in [-0.15, -0.1) is 0 Å². The topological polar surface area (TPSA) is 89.2 Å². The molecule has 3 heterocycles. The average Bonchev–Trinajstić information content (AvgIpc) is 2.92. The lowest BCUT2D eigenvalue weighted by molar-refractivity contribution is -0.130. The highest BCUT2D eigenvalue weighted by molar-refractivity contribution is 7.99. The van der Waals surface area contributed by atoms with E-state index in [2.05, 4.69) is 10.4 Å². The summed E-state index contributed by atoms with van der Waals surface area (Å²) < 4.78 is 2.94. The lowest BCUT2D eigenvalue weighted by Gasteiger charge is -2.26. The molecule has 30 heavy (non-hydrogen) atoms. The van der Waals surface area contributed by atoms with Crippen molar-refractivity contribution in [2.24, 2.45) is 0 Å². The second kappa shape index (κ2) is 9.51. The fraction of sp³-hybridized carbons (Fsp3) is 0.524. The summed E-state index contributed by atoms with van der Waals surface area (Å²) in [6, 6.07) is 7.30. The fourth-order valence-corrected chi connectivity index (χ4v) is 4.77. The minimum Gasteiger partial charge on any atom is -0.341 e. The third-order valence-electron chi connectivity index (χ3n) is 5.53. The molecule has 0 saturated carbocycles. The molecule has 0 unspecified atom stereocenters. The van der Waals surface area contributed by atoms with Gasteiger partial charge in [0.1, 0.15) is 12.4 Å². The molecule has 0 radical (unpaired) electrons. The van der Waals surface area contributed by atoms with Gasteiger partial charge in [-0.25, -0.2) is 9.48 Å². The Bertz CT molecular complexity index is 960. The highest BCUT2D eigenvalue weighted by atomic mass is 32.2. The molecule has 0 atom stereocenters. The number of hydrogen-bond acceptors (Lipinski definition) is 5. The number of aromatic nitrogens is 3. The second-order valence-corrected chi connectivity index (χ2v) is 8.96. The largest absolute Gasteiger partial charge is 0.346 e. The zero-order valence-electron chi connectivity index (χ0n) is 17.0. The van der Waals surface area contributed by atoms with Crippen LogP contribution >= 0.6 is 11.8 Å². The van der Waals surface area contributed by atoms with Gasteiger partial charge in [0.15, 0.2) is 0 Å². The van der Waals surface area contributed by atoms with Crippen LogP contribution in [0.15, 0.2) is 29.1 Å². The monoisotopic (exact) mass is 429 g/mol. The lowest BCUT2D eigenvalue weighted by Crippen LogP contribution is -2.38. The van der Waals surface area contributed by atoms with Gasteiger partial charge in [-0.3, -0.25) is 14.2 Å². The number of aryl methyl sites for hydroxylation is 1. The summed E-state index contributed by atoms with van der Waals surface area (Å²) in [6.07, 6.45) is 4.24. The van der Waals surface area contributed by atoms with Gasteiger partial charge in [0.2, 0.25) is 11.8 Å². The van der Waals surface area contributed by atoms with Crippen molar-refractivity contribution in [3.63, 3.8) is 0 Å². The zero-order chi connectivity index (χ0) is 20.9. The molecule has 2 aromatic rings. The van der Waals surface area contributed by atoms with Gasteiger partial charge in [-0.05, 0) is 30.5 Å². The Morgan fingerprint density at radius 1 is 1.03 bits per heavy atom. The van der Waals surface area contributed by atoms with Crippen LogP contribution in [0.3, 0.4) is 0 Å². The van der Waals surface area contributed by atoms with Crippen molar-refractivity contribution in [3.05, 3.63) is 46.1 Å². The highest BCUT2D eigenvalue weighted by Crippen LogP contribution is 2.14. The first-order valence-electron chi connectivity index (χ1n) is 10.5. The molecular formula is C21H27N5O3S. The zero-order valence-corrected chi connectivity index (χ0v) is 17.8. The number of carbonyl (C=O) groups excluding carboxylic acids is 2. The number of fused-ring (bicyclic) bond motifs is 1. The summed E-state index contributed by atoms with van der Waals surface area (Å²) >= 11 is 1.88. The van der Waals surface area contributed by atoms with Crippen molar-refractivity contribution < 1.29 is 9.59 Å². The van der Waals surface area contributed by atoms with Gasteiger partial charge in [-0.1, -0.05) is 18.6 Å². The Balaban J connectivity index is 1.33. The Morgan fingerprint density at radius 3 is 2.57 bits per heavy atom. The molecule has 1 N–H and O–H groups in total. The molecular weight excluding hydrogens is 402 g/mol. The second-order valence-electron chi connectivity index (χ2n) is 7.73. The summed E-state index contributed by atoms with van der Waals surface area (Å²) in [7, 11) is 0. The van der Waals surface area contributed by atoms with E-state index in [1.54, 1.807) is 16.7 Å². The van der Waals surface area contributed by atoms with Crippen molar-refractivity contribution in [1.82, 2.24) is 19.2 Å². The van der Waals surface area contributed by atoms with Gasteiger partial charge in [0, 0.05) is 43.2 Å². The summed E-state index contributed by atoms with van der Waals surface area (Å²) in [4.78, 5) is 39.2. The number of rotatable bonds is 5. The molecule has 2 amide bonds. The van der Waals surface area contributed by atoms with E-state index >= 15 is 0 Å². The smallest absolute Gasteiger partial charge is 0.341 e. The quantitative estimate of drug-likeness (QED) is 0.779. The molecule has 2 aliphatic heterocycles. The molecule has 9 heteroatoms. The van der Waals surface area contributed by atoms with Crippen molar-refractivity contribution >= 4 is 29.3 Å². The minimum atomic E-state index is -0.292. The van der Waals surface area contributed by atoms with E-state index in [-0.39, 0.29) is 24.0 Å². The number of anilines is 1. The van der Waals surface area contributed by atoms with Gasteiger partial charge in [-0.2, -0.15) is 16.9 Å². The maximum Gasteiger partial charge on any atom is 0.346 e. The van der Waals surface area contributed by atoms with Crippen molar-refractivity contribution in [2.75, 3.05) is 29.9 Å². The Morgan fingerprint density at radius 2 is 1.80 bits per heavy atom. The van der Waals surface area contributed by atoms with Crippen molar-refractivity contribution in [1.29, 1.82) is 0 Å². The molecule has 1 saturated heterocycles. The fourth-order valence-electron chi connectivity index (χ4n) is 3.87. The van der Waals surface area contributed by atoms with E-state index in [1.807, 2.05) is 28.8 Å². The average molecular weight is 430 g/mol. The first-order chi connectivity index (χ1) is 14.6. The number of amides is 2. The van der Waals surface area contributed by atoms with Crippen LogP contribution in [0.1, 0.15) is 30.7 Å². The molecule has 1 aromatic carbocycles. The number of carbonyl (C=O) groups is 2. The summed E-state index contributed by atoms with van der Waals surface area (Å²) in [5.74, 6) is 2.62. The molecule has 160 valence electrons. The lowest BCUT2D eigenvalue weighted by atomic mass is 10.1. The number of nitrogens with zero attached hydrogens (tertiary/aromatic N) is 4.